The first-order valence-corrected chi connectivity index (χ1v) is 8.96. The summed E-state index contributed by atoms with van der Waals surface area (Å²) in [4.78, 5) is 18.6. The molecule has 1 unspecified atom stereocenters. The molecule has 0 bridgehead atoms. The first kappa shape index (κ1) is 18.3. The van der Waals surface area contributed by atoms with Gasteiger partial charge in [0, 0.05) is 31.4 Å². The molecule has 1 aromatic carbocycles. The average Bonchev–Trinajstić information content (AvgIpc) is 2.67. The number of aliphatic hydroxyl groups is 1. The number of carbonyl (C=O) groups is 1. The number of rotatable bonds is 5. The molecule has 0 saturated carbocycles. The minimum absolute atomic E-state index is 0.00217. The fraction of sp³-hybridized carbons (Fsp3) is 0.400. The number of aliphatic hydroxyl groups excluding tert-OH is 1. The average molecular weight is 357 g/mol. The molecule has 1 amide bonds. The highest BCUT2D eigenvalue weighted by Gasteiger charge is 2.21. The largest absolute Gasteiger partial charge is 0.386 e. The van der Waals surface area contributed by atoms with E-state index < -0.39 is 11.9 Å². The van der Waals surface area contributed by atoms with E-state index in [1.165, 1.54) is 12.3 Å². The second-order valence-corrected chi connectivity index (χ2v) is 6.83. The zero-order valence-corrected chi connectivity index (χ0v) is 14.9. The Hall–Kier alpha value is -2.47. The number of nitrogens with zero attached hydrogens (tertiary/aromatic N) is 2. The Labute approximate surface area is 152 Å². The van der Waals surface area contributed by atoms with E-state index in [-0.39, 0.29) is 18.0 Å². The van der Waals surface area contributed by atoms with Gasteiger partial charge in [-0.15, -0.1) is 0 Å². The van der Waals surface area contributed by atoms with E-state index in [0.29, 0.717) is 17.3 Å². The van der Waals surface area contributed by atoms with Crippen LogP contribution in [0.4, 0.5) is 10.2 Å². The summed E-state index contributed by atoms with van der Waals surface area (Å²) in [6, 6.07) is 9.56. The Bertz CT molecular complexity index is 743. The van der Waals surface area contributed by atoms with Gasteiger partial charge in [-0.05, 0) is 37.0 Å². The van der Waals surface area contributed by atoms with Crippen LogP contribution in [-0.4, -0.2) is 40.5 Å². The van der Waals surface area contributed by atoms with Crippen LogP contribution < -0.4 is 5.32 Å². The van der Waals surface area contributed by atoms with Crippen molar-refractivity contribution >= 4 is 11.7 Å². The number of likely N-dealkylation sites (tertiary alicyclic amines) is 1. The van der Waals surface area contributed by atoms with Crippen molar-refractivity contribution in [3.63, 3.8) is 0 Å². The molecule has 5 nitrogen and oxygen atoms in total. The summed E-state index contributed by atoms with van der Waals surface area (Å²) >= 11 is 0. The van der Waals surface area contributed by atoms with Gasteiger partial charge >= 0.3 is 0 Å². The van der Waals surface area contributed by atoms with E-state index in [1.54, 1.807) is 30.3 Å². The van der Waals surface area contributed by atoms with Crippen molar-refractivity contribution in [2.45, 2.75) is 25.9 Å². The van der Waals surface area contributed by atoms with Crippen LogP contribution in [0.2, 0.25) is 0 Å². The number of anilines is 1. The molecule has 1 aromatic heterocycles. The van der Waals surface area contributed by atoms with Gasteiger partial charge in [0.05, 0.1) is 11.7 Å². The highest BCUT2D eigenvalue weighted by molar-refractivity contribution is 5.94. The molecule has 0 radical (unpaired) electrons. The third-order valence-electron chi connectivity index (χ3n) is 4.82. The highest BCUT2D eigenvalue weighted by atomic mass is 19.1. The van der Waals surface area contributed by atoms with Gasteiger partial charge in [-0.3, -0.25) is 4.79 Å². The molecule has 2 aromatic rings. The number of amides is 1. The maximum Gasteiger partial charge on any atom is 0.255 e. The summed E-state index contributed by atoms with van der Waals surface area (Å²) in [6.45, 7) is 3.91. The monoisotopic (exact) mass is 357 g/mol. The van der Waals surface area contributed by atoms with Gasteiger partial charge in [-0.25, -0.2) is 9.37 Å². The van der Waals surface area contributed by atoms with Crippen molar-refractivity contribution in [3.8, 4) is 0 Å². The molecule has 0 spiro atoms. The summed E-state index contributed by atoms with van der Waals surface area (Å²) in [6.07, 6.45) is 2.63. The third-order valence-corrected chi connectivity index (χ3v) is 4.82. The van der Waals surface area contributed by atoms with Crippen LogP contribution in [0.3, 0.4) is 0 Å². The van der Waals surface area contributed by atoms with Gasteiger partial charge in [0.2, 0.25) is 0 Å². The number of hydrogen-bond acceptors (Lipinski definition) is 4. The third kappa shape index (κ3) is 4.38. The number of carbonyl (C=O) groups excluding carboxylic acids is 1. The molecule has 1 fully saturated rings. The normalized spacial score (nSPS) is 16.3. The van der Waals surface area contributed by atoms with Crippen LogP contribution >= 0.6 is 0 Å². The second kappa shape index (κ2) is 8.27. The molecule has 1 atom stereocenters. The lowest BCUT2D eigenvalue weighted by molar-refractivity contribution is 0.0697. The molecule has 1 aliphatic heterocycles. The predicted octanol–water partition coefficient (Wildman–Crippen LogP) is 3.24. The van der Waals surface area contributed by atoms with Gasteiger partial charge in [-0.2, -0.15) is 0 Å². The molecular formula is C20H24FN3O2. The quantitative estimate of drug-likeness (QED) is 0.862. The van der Waals surface area contributed by atoms with E-state index in [9.17, 15) is 14.3 Å². The first-order chi connectivity index (χ1) is 12.5. The number of benzene rings is 1. The number of aromatic nitrogens is 1. The van der Waals surface area contributed by atoms with Crippen molar-refractivity contribution < 1.29 is 14.3 Å². The fourth-order valence-electron chi connectivity index (χ4n) is 3.08. The van der Waals surface area contributed by atoms with E-state index >= 15 is 0 Å². The van der Waals surface area contributed by atoms with Crippen molar-refractivity contribution in [1.82, 2.24) is 9.88 Å². The number of halogens is 1. The van der Waals surface area contributed by atoms with Crippen LogP contribution in [0.15, 0.2) is 42.6 Å². The maximum absolute atomic E-state index is 13.7. The summed E-state index contributed by atoms with van der Waals surface area (Å²) in [5, 5.41) is 13.1. The number of nitrogens with one attached hydrogen (secondary N) is 1. The van der Waals surface area contributed by atoms with Gasteiger partial charge in [-0.1, -0.05) is 25.1 Å². The molecule has 1 saturated heterocycles. The van der Waals surface area contributed by atoms with Crippen LogP contribution in [-0.2, 0) is 0 Å². The van der Waals surface area contributed by atoms with Gasteiger partial charge in [0.1, 0.15) is 11.6 Å². The standard InChI is InChI=1S/C20H24FN3O2/c1-14-8-10-24(11-9-14)20(26)15-6-7-19(22-12-15)23-13-18(25)16-4-2-3-5-17(16)21/h2-7,12,14,18,25H,8-11,13H2,1H3,(H,22,23). The topological polar surface area (TPSA) is 65.5 Å². The molecule has 2 heterocycles. The van der Waals surface area contributed by atoms with Crippen LogP contribution in [0.1, 0.15) is 41.8 Å². The van der Waals surface area contributed by atoms with Crippen molar-refractivity contribution in [3.05, 3.63) is 59.5 Å². The smallest absolute Gasteiger partial charge is 0.255 e. The number of pyridine rings is 1. The summed E-state index contributed by atoms with van der Waals surface area (Å²) < 4.78 is 13.7. The van der Waals surface area contributed by atoms with Gasteiger partial charge in [0.15, 0.2) is 0 Å². The van der Waals surface area contributed by atoms with Gasteiger partial charge < -0.3 is 15.3 Å². The zero-order valence-electron chi connectivity index (χ0n) is 14.9. The molecule has 3 rings (SSSR count). The predicted molar refractivity (Wildman–Crippen MR) is 98.4 cm³/mol. The van der Waals surface area contributed by atoms with Gasteiger partial charge in [0.25, 0.3) is 5.91 Å². The zero-order chi connectivity index (χ0) is 18.5. The summed E-state index contributed by atoms with van der Waals surface area (Å²) in [5.41, 5.74) is 0.797. The number of piperidine rings is 1. The molecular weight excluding hydrogens is 333 g/mol. The Kier molecular flexibility index (Phi) is 5.83. The van der Waals surface area contributed by atoms with E-state index in [2.05, 4.69) is 17.2 Å². The lowest BCUT2D eigenvalue weighted by atomic mass is 9.99. The number of hydrogen-bond donors (Lipinski definition) is 2. The van der Waals surface area contributed by atoms with Crippen molar-refractivity contribution in [2.24, 2.45) is 5.92 Å². The van der Waals surface area contributed by atoms with E-state index in [4.69, 9.17) is 0 Å². The molecule has 6 heteroatoms. The van der Waals surface area contributed by atoms with Crippen molar-refractivity contribution in [1.29, 1.82) is 0 Å². The Morgan fingerprint density at radius 3 is 2.69 bits per heavy atom. The van der Waals surface area contributed by atoms with Crippen LogP contribution in [0.5, 0.6) is 0 Å². The lowest BCUT2D eigenvalue weighted by Gasteiger charge is -2.30. The maximum atomic E-state index is 13.7. The molecule has 138 valence electrons. The minimum Gasteiger partial charge on any atom is -0.386 e. The van der Waals surface area contributed by atoms with Crippen LogP contribution in [0.25, 0.3) is 0 Å². The molecule has 2 N–H and O–H groups in total. The summed E-state index contributed by atoms with van der Waals surface area (Å²) in [5.74, 6) is 0.766. The lowest BCUT2D eigenvalue weighted by Crippen LogP contribution is -2.37. The highest BCUT2D eigenvalue weighted by Crippen LogP contribution is 2.19. The van der Waals surface area contributed by atoms with Crippen LogP contribution in [0, 0.1) is 11.7 Å². The molecule has 0 aliphatic carbocycles. The Morgan fingerprint density at radius 2 is 2.04 bits per heavy atom. The summed E-state index contributed by atoms with van der Waals surface area (Å²) in [7, 11) is 0. The molecule has 26 heavy (non-hydrogen) atoms. The molecule has 1 aliphatic rings. The first-order valence-electron chi connectivity index (χ1n) is 8.96. The van der Waals surface area contributed by atoms with E-state index in [0.717, 1.165) is 25.9 Å². The Morgan fingerprint density at radius 1 is 1.31 bits per heavy atom. The minimum atomic E-state index is -0.977. The van der Waals surface area contributed by atoms with Crippen molar-refractivity contribution in [2.75, 3.05) is 25.0 Å². The van der Waals surface area contributed by atoms with E-state index in [1.807, 2.05) is 4.90 Å². The SMILES string of the molecule is CC1CCN(C(=O)c2ccc(NCC(O)c3ccccc3F)nc2)CC1. The Balaban J connectivity index is 1.56. The second-order valence-electron chi connectivity index (χ2n) is 6.83. The fourth-order valence-corrected chi connectivity index (χ4v) is 3.08.